The summed E-state index contributed by atoms with van der Waals surface area (Å²) >= 11 is 12.6. The van der Waals surface area contributed by atoms with Crippen LogP contribution in [0.2, 0.25) is 5.15 Å². The van der Waals surface area contributed by atoms with Crippen molar-refractivity contribution in [2.45, 2.75) is 120 Å². The summed E-state index contributed by atoms with van der Waals surface area (Å²) in [6.07, 6.45) is 7.30. The summed E-state index contributed by atoms with van der Waals surface area (Å²) in [6, 6.07) is 24.8. The third-order valence-corrected chi connectivity index (χ3v) is 16.0. The predicted octanol–water partition coefficient (Wildman–Crippen LogP) is 9.10. The van der Waals surface area contributed by atoms with Crippen molar-refractivity contribution in [2.75, 3.05) is 60.2 Å². The number of urea groups is 1. The minimum Gasteiger partial charge on any atom is -1.00 e. The maximum Gasteiger partial charge on any atom is 1.00 e. The Hall–Kier alpha value is -6.82. The molecule has 26 nitrogen and oxygen atoms in total. The number of aromatic nitrogens is 8. The molecule has 0 bridgehead atoms. The zero-order valence-corrected chi connectivity index (χ0v) is 63.2. The van der Waals surface area contributed by atoms with Gasteiger partial charge in [-0.05, 0) is 139 Å². The van der Waals surface area contributed by atoms with Crippen molar-refractivity contribution in [1.29, 1.82) is 19.8 Å². The fourth-order valence-electron chi connectivity index (χ4n) is 8.31. The van der Waals surface area contributed by atoms with Gasteiger partial charge in [0.2, 0.25) is 21.3 Å². The Morgan fingerprint density at radius 3 is 1.43 bits per heavy atom. The first-order valence-electron chi connectivity index (χ1n) is 31.4. The minimum atomic E-state index is -0.604. The molecule has 0 saturated carbocycles. The van der Waals surface area contributed by atoms with Gasteiger partial charge in [0.15, 0.2) is 15.4 Å². The van der Waals surface area contributed by atoms with E-state index in [1.54, 1.807) is 58.3 Å². The zero-order chi connectivity index (χ0) is 72.8. The van der Waals surface area contributed by atoms with E-state index in [1.807, 2.05) is 62.1 Å². The Balaban J connectivity index is 0.000000441. The molecule has 1 saturated heterocycles. The average molecular weight is 1490 g/mol. The number of amides is 3. The molecule has 1 aliphatic heterocycles. The number of aliphatic hydroxyl groups is 1. The van der Waals surface area contributed by atoms with Crippen LogP contribution in [0.4, 0.5) is 54.1 Å². The number of pyridine rings is 5. The maximum atomic E-state index is 11.7. The van der Waals surface area contributed by atoms with Gasteiger partial charge in [-0.15, -0.1) is 0 Å². The predicted molar refractivity (Wildman–Crippen MR) is 402 cm³/mol. The number of carbonyl (C=O) groups excluding carboxylic acids is 2. The van der Waals surface area contributed by atoms with E-state index in [2.05, 4.69) is 96.5 Å². The molecule has 8 aromatic heterocycles. The van der Waals surface area contributed by atoms with Gasteiger partial charge in [-0.3, -0.25) is 10.2 Å². The number of thiazole rings is 3. The Morgan fingerprint density at radius 2 is 1.03 bits per heavy atom. The molecule has 0 unspecified atom stereocenters. The van der Waals surface area contributed by atoms with E-state index in [0.717, 1.165) is 166 Å². The molecular weight excluding hydrogens is 1410 g/mol. The number of hydrogen-bond acceptors (Lipinski definition) is 29. The maximum absolute atomic E-state index is 11.7. The van der Waals surface area contributed by atoms with Crippen LogP contribution in [0.15, 0.2) is 79.3 Å². The molecule has 1 fully saturated rings. The third kappa shape index (κ3) is 32.6. The van der Waals surface area contributed by atoms with Crippen LogP contribution in [0.5, 0.6) is 0 Å². The van der Waals surface area contributed by atoms with Gasteiger partial charge in [0.05, 0.1) is 45.0 Å². The first-order chi connectivity index (χ1) is 48.2. The Kier molecular flexibility index (Phi) is 38.2. The van der Waals surface area contributed by atoms with Crippen LogP contribution < -0.4 is 61.9 Å². The van der Waals surface area contributed by atoms with Crippen molar-refractivity contribution >= 4 is 159 Å². The second-order valence-corrected chi connectivity index (χ2v) is 25.8. The summed E-state index contributed by atoms with van der Waals surface area (Å²) in [7, 11) is 5.02. The summed E-state index contributed by atoms with van der Waals surface area (Å²) in [5.74, 6) is 2.85. The smallest absolute Gasteiger partial charge is 1.00 e. The van der Waals surface area contributed by atoms with Crippen LogP contribution in [-0.2, 0) is 75.9 Å². The van der Waals surface area contributed by atoms with Gasteiger partial charge in [-0.1, -0.05) is 116 Å². The van der Waals surface area contributed by atoms with Gasteiger partial charge in [0.25, 0.3) is 0 Å². The summed E-state index contributed by atoms with van der Waals surface area (Å²) < 4.78 is 41.1. The third-order valence-electron chi connectivity index (χ3n) is 12.6. The SMILES string of the molecule is C.CCc1cc(CN2CCN(C(=O)NC)CC2)cc(Nc2ncc(C#N)s2)n1.CCc1cc(CO)cc(Nc2ncc(C#N)s2)n1.[3H][B]SOCc1cc(CC)nc(Nc2ncc(C#N)s2)c1.[3H][B]SOCc1cc(Cl)nc(NC(=O)OC(C)(C)C)c1.[3H][B]SOCc1cc(N)nc(CC)c1.[H-].[Na+]. The van der Waals surface area contributed by atoms with Crippen molar-refractivity contribution in [3.05, 3.63) is 150 Å². The number of piperazine rings is 1. The number of nitrogens with one attached hydrogen (secondary N) is 5. The van der Waals surface area contributed by atoms with Crippen LogP contribution in [0.3, 0.4) is 0 Å². The molecule has 517 valence electrons. The van der Waals surface area contributed by atoms with Crippen LogP contribution in [0.25, 0.3) is 0 Å². The first-order valence-corrected chi connectivity index (χ1v) is 35.0. The van der Waals surface area contributed by atoms with Crippen LogP contribution in [0.1, 0.15) is 123 Å². The molecule has 3 amide bonds. The molecule has 8 N–H and O–H groups in total. The number of rotatable bonds is 26. The monoisotopic (exact) mass is 1490 g/mol. The van der Waals surface area contributed by atoms with E-state index in [0.29, 0.717) is 60.7 Å². The van der Waals surface area contributed by atoms with Crippen LogP contribution in [0, 0.1) is 34.0 Å². The molecule has 0 aromatic carbocycles. The Labute approximate surface area is 640 Å². The number of nitrogens with two attached hydrogens (primary N) is 1. The molecule has 1 aliphatic rings. The normalized spacial score (nSPS) is 11.7. The summed E-state index contributed by atoms with van der Waals surface area (Å²) in [5, 5.41) is 52.3. The van der Waals surface area contributed by atoms with Gasteiger partial charge in [0.1, 0.15) is 72.7 Å². The number of nitrogen functional groups attached to an aromatic ring is 1. The number of aliphatic hydroxyl groups excluding tert-OH is 1. The molecule has 0 spiro atoms. The summed E-state index contributed by atoms with van der Waals surface area (Å²) in [6.45, 7) is 18.5. The molecule has 8 aromatic rings. The Morgan fingerprint density at radius 1 is 0.636 bits per heavy atom. The second kappa shape index (κ2) is 46.6. The standard InChI is InChI=1S/C18H23N7OS.C12H12BN4OS2.C12H12N4OS.C11H15BClN2O3S.C8H12BN2OS.CH4.Na.H/c1-3-14-8-13(12-24-4-6-25(7-5-24)18(26)20-2)9-16(22-14)23-17-21-11-15(10-19)27-17;1-2-9-3-8(7-18-20-13)4-11(16-9)17-12-15-6-10(5-14)19-12;1-2-9-3-8(7-17)4-11(15-9)16-12-14-6-10(5-13)18-12;1-11(2,3)18-10(16)15-9-5-7(6-17-19-12)4-8(13)14-9;1-2-7-3-6(5-12-13-9)4-8(10)11-7;;;/h8-9,11H,3-7,12H2,1-2H3,(H,20,26)(H,21,22,23);3-4,6,13H,2,7H2,1H3,(H,15,16,17);3-4,6,17H,2,7H2,1H3,(H,14,15,16);4-5,12H,6H2,1-3H3,(H,14,15,16);3-4,9H,2,5H2,1H3,(H2,10,11);1H4;;/q;;;;;;+1;-1/i;13T;;12T;9T;;;. The van der Waals surface area contributed by atoms with E-state index in [1.165, 1.54) is 52.0 Å². The second-order valence-electron chi connectivity index (χ2n) is 21.0. The largest absolute Gasteiger partial charge is 1.00 e. The van der Waals surface area contributed by atoms with E-state index < -0.39 is 11.7 Å². The quantitative estimate of drug-likeness (QED) is 0.0115. The van der Waals surface area contributed by atoms with Crippen LogP contribution >= 0.6 is 81.3 Å². The van der Waals surface area contributed by atoms with Crippen molar-refractivity contribution in [3.63, 3.8) is 0 Å². The van der Waals surface area contributed by atoms with E-state index in [9.17, 15) is 14.7 Å². The van der Waals surface area contributed by atoms with Gasteiger partial charge >= 0.3 is 41.7 Å². The number of halogens is 1. The molecular formula is C62H79B3ClN19NaO7S6. The van der Waals surface area contributed by atoms with Gasteiger partial charge in [-0.25, -0.2) is 49.5 Å². The molecule has 0 atom stereocenters. The number of anilines is 8. The summed E-state index contributed by atoms with van der Waals surface area (Å²) in [4.78, 5) is 63.2. The zero-order valence-electron chi connectivity index (χ0n) is 59.5. The molecule has 99 heavy (non-hydrogen) atoms. The van der Waals surface area contributed by atoms with Gasteiger partial charge < -0.3 is 55.7 Å². The number of aryl methyl sites for hydroxylation is 4. The molecule has 0 aliphatic carbocycles. The Bertz CT molecular complexity index is 3990. The minimum absolute atomic E-state index is 0. The topological polar surface area (TPSA) is 358 Å². The number of hydrogen-bond donors (Lipinski definition) is 7. The van der Waals surface area contributed by atoms with Crippen molar-refractivity contribution < 1.29 is 63.0 Å². The van der Waals surface area contributed by atoms with Crippen LogP contribution in [-0.4, -0.2) is 131 Å². The van der Waals surface area contributed by atoms with E-state index >= 15 is 0 Å². The van der Waals surface area contributed by atoms with E-state index in [-0.39, 0.29) is 68.6 Å². The first kappa shape index (κ1) is 81.2. The number of carbonyl (C=O) groups is 2. The molecule has 3 radical (unpaired) electrons. The van der Waals surface area contributed by atoms with Crippen molar-refractivity contribution in [1.82, 2.24) is 55.0 Å². The van der Waals surface area contributed by atoms with Gasteiger partial charge in [-0.2, -0.15) is 15.8 Å². The molecule has 9 rings (SSSR count). The summed E-state index contributed by atoms with van der Waals surface area (Å²) in [5.41, 5.74) is 13.5. The number of nitriles is 3. The number of ether oxygens (including phenoxy) is 1. The molecule has 37 heteroatoms. The van der Waals surface area contributed by atoms with Crippen molar-refractivity contribution in [2.24, 2.45) is 0 Å². The fourth-order valence-corrected chi connectivity index (χ4v) is 11.0. The fraction of sp³-hybridized carbons (Fsp3) is 0.371. The van der Waals surface area contributed by atoms with Gasteiger partial charge in [0, 0.05) is 62.5 Å². The van der Waals surface area contributed by atoms with E-state index in [4.69, 9.17) is 54.4 Å². The van der Waals surface area contributed by atoms with Crippen molar-refractivity contribution in [3.8, 4) is 18.2 Å². The number of nitrogens with zero attached hydrogens (tertiary/aromatic N) is 13. The molecule has 9 heterocycles. The average Bonchev–Trinajstić information content (AvgIpc) is 1.82.